The third-order valence-electron chi connectivity index (χ3n) is 2.45. The Balaban J connectivity index is 2.59. The second-order valence-electron chi connectivity index (χ2n) is 3.81. The smallest absolute Gasteiger partial charge is 0.220 e. The van der Waals surface area contributed by atoms with Gasteiger partial charge in [-0.15, -0.1) is 0 Å². The molecule has 0 amide bonds. The van der Waals surface area contributed by atoms with Crippen molar-refractivity contribution in [2.45, 2.75) is 39.0 Å². The maximum absolute atomic E-state index is 11.3. The molecular formula is C13H18O2. The molecule has 1 N–H and O–H groups in total. The first-order chi connectivity index (χ1) is 7.24. The Morgan fingerprint density at radius 3 is 2.73 bits per heavy atom. The van der Waals surface area contributed by atoms with Crippen molar-refractivity contribution in [3.63, 3.8) is 0 Å². The van der Waals surface area contributed by atoms with Crippen molar-refractivity contribution < 1.29 is 5.11 Å². The third kappa shape index (κ3) is 4.15. The van der Waals surface area contributed by atoms with E-state index < -0.39 is 0 Å². The van der Waals surface area contributed by atoms with E-state index in [4.69, 9.17) is 0 Å². The zero-order valence-corrected chi connectivity index (χ0v) is 9.20. The highest BCUT2D eigenvalue weighted by Gasteiger charge is 1.96. The summed E-state index contributed by atoms with van der Waals surface area (Å²) in [7, 11) is 0. The first kappa shape index (κ1) is 11.8. The predicted molar refractivity (Wildman–Crippen MR) is 62.2 cm³/mol. The van der Waals surface area contributed by atoms with Crippen LogP contribution in [0.4, 0.5) is 0 Å². The molecule has 0 saturated carbocycles. The van der Waals surface area contributed by atoms with Crippen LogP contribution in [0.15, 0.2) is 29.1 Å². The van der Waals surface area contributed by atoms with Gasteiger partial charge in [0.1, 0.15) is 0 Å². The molecule has 2 heteroatoms. The normalized spacial score (nSPS) is 10.2. The lowest BCUT2D eigenvalue weighted by Gasteiger charge is -1.97. The molecule has 0 radical (unpaired) electrons. The molecule has 0 heterocycles. The van der Waals surface area contributed by atoms with Crippen molar-refractivity contribution in [3.05, 3.63) is 40.1 Å². The van der Waals surface area contributed by atoms with Crippen molar-refractivity contribution in [1.82, 2.24) is 0 Å². The number of rotatable bonds is 5. The van der Waals surface area contributed by atoms with Gasteiger partial charge in [0.2, 0.25) is 5.43 Å². The average Bonchev–Trinajstić information content (AvgIpc) is 2.37. The number of aromatic hydroxyl groups is 1. The summed E-state index contributed by atoms with van der Waals surface area (Å²) in [4.78, 5) is 11.3. The molecule has 15 heavy (non-hydrogen) atoms. The summed E-state index contributed by atoms with van der Waals surface area (Å²) in [6.07, 6.45) is 5.70. The van der Waals surface area contributed by atoms with Crippen LogP contribution in [0.25, 0.3) is 0 Å². The Kier molecular flexibility index (Phi) is 4.88. The average molecular weight is 206 g/mol. The minimum Gasteiger partial charge on any atom is -0.504 e. The fraction of sp³-hybridized carbons (Fsp3) is 0.462. The van der Waals surface area contributed by atoms with E-state index in [1.165, 1.54) is 31.4 Å². The molecule has 1 aromatic carbocycles. The first-order valence-corrected chi connectivity index (χ1v) is 5.56. The zero-order valence-electron chi connectivity index (χ0n) is 9.20. The highest BCUT2D eigenvalue weighted by Crippen LogP contribution is 2.07. The van der Waals surface area contributed by atoms with Crippen molar-refractivity contribution in [3.8, 4) is 5.75 Å². The standard InChI is InChI=1S/C13H18O2/c1-2-3-4-5-7-11-8-6-9-12(14)13(15)10-11/h6,8-10H,2-5,7H2,1H3,(H,14,15). The molecule has 82 valence electrons. The molecular weight excluding hydrogens is 188 g/mol. The molecule has 0 fully saturated rings. The van der Waals surface area contributed by atoms with Gasteiger partial charge in [0.15, 0.2) is 5.75 Å². The number of hydrogen-bond acceptors (Lipinski definition) is 2. The molecule has 0 atom stereocenters. The fourth-order valence-electron chi connectivity index (χ4n) is 1.55. The second kappa shape index (κ2) is 6.23. The van der Waals surface area contributed by atoms with Gasteiger partial charge in [-0.25, -0.2) is 0 Å². The topological polar surface area (TPSA) is 37.3 Å². The van der Waals surface area contributed by atoms with Gasteiger partial charge in [0.05, 0.1) is 0 Å². The van der Waals surface area contributed by atoms with Crippen LogP contribution in [0.5, 0.6) is 5.75 Å². The zero-order chi connectivity index (χ0) is 11.1. The Bertz CT molecular complexity index is 358. The Morgan fingerprint density at radius 1 is 1.20 bits per heavy atom. The van der Waals surface area contributed by atoms with Crippen molar-refractivity contribution >= 4 is 0 Å². The predicted octanol–water partition coefficient (Wildman–Crippen LogP) is 2.88. The molecule has 0 aliphatic carbocycles. The van der Waals surface area contributed by atoms with Gasteiger partial charge < -0.3 is 5.11 Å². The number of aryl methyl sites for hydroxylation is 1. The largest absolute Gasteiger partial charge is 0.504 e. The van der Waals surface area contributed by atoms with E-state index in [-0.39, 0.29) is 11.2 Å². The molecule has 0 aromatic heterocycles. The maximum atomic E-state index is 11.3. The first-order valence-electron chi connectivity index (χ1n) is 5.56. The van der Waals surface area contributed by atoms with Crippen LogP contribution in [0.1, 0.15) is 38.2 Å². The van der Waals surface area contributed by atoms with Crippen LogP contribution >= 0.6 is 0 Å². The van der Waals surface area contributed by atoms with Crippen molar-refractivity contribution in [2.24, 2.45) is 0 Å². The van der Waals surface area contributed by atoms with E-state index in [0.717, 1.165) is 18.4 Å². The van der Waals surface area contributed by atoms with Crippen molar-refractivity contribution in [2.75, 3.05) is 0 Å². The van der Waals surface area contributed by atoms with Crippen molar-refractivity contribution in [1.29, 1.82) is 0 Å². The summed E-state index contributed by atoms with van der Waals surface area (Å²) in [5, 5.41) is 9.20. The van der Waals surface area contributed by atoms with Gasteiger partial charge in [-0.2, -0.15) is 0 Å². The van der Waals surface area contributed by atoms with E-state index >= 15 is 0 Å². The van der Waals surface area contributed by atoms with E-state index in [0.29, 0.717) is 0 Å². The maximum Gasteiger partial charge on any atom is 0.220 e. The second-order valence-corrected chi connectivity index (χ2v) is 3.81. The highest BCUT2D eigenvalue weighted by atomic mass is 16.3. The summed E-state index contributed by atoms with van der Waals surface area (Å²) < 4.78 is 0. The molecule has 2 nitrogen and oxygen atoms in total. The minimum absolute atomic E-state index is 0.171. The van der Waals surface area contributed by atoms with E-state index in [2.05, 4.69) is 6.92 Å². The van der Waals surface area contributed by atoms with E-state index in [9.17, 15) is 9.90 Å². The fourth-order valence-corrected chi connectivity index (χ4v) is 1.55. The van der Waals surface area contributed by atoms with Gasteiger partial charge in [-0.1, -0.05) is 38.3 Å². The number of hydrogen-bond donors (Lipinski definition) is 1. The molecule has 0 spiro atoms. The Labute approximate surface area is 90.6 Å². The summed E-state index contributed by atoms with van der Waals surface area (Å²) in [5.41, 5.74) is 0.724. The van der Waals surface area contributed by atoms with Gasteiger partial charge in [0.25, 0.3) is 0 Å². The third-order valence-corrected chi connectivity index (χ3v) is 2.45. The molecule has 0 bridgehead atoms. The monoisotopic (exact) mass is 206 g/mol. The van der Waals surface area contributed by atoms with Gasteiger partial charge in [-0.05, 0) is 30.5 Å². The summed E-state index contributed by atoms with van der Waals surface area (Å²) in [5.74, 6) is -0.171. The lowest BCUT2D eigenvalue weighted by Crippen LogP contribution is -1.95. The van der Waals surface area contributed by atoms with Crippen LogP contribution in [-0.4, -0.2) is 5.11 Å². The summed E-state index contributed by atoms with van der Waals surface area (Å²) in [6, 6.07) is 6.60. The molecule has 0 aliphatic heterocycles. The van der Waals surface area contributed by atoms with Gasteiger partial charge in [0, 0.05) is 0 Å². The Morgan fingerprint density at radius 2 is 2.00 bits per heavy atom. The molecule has 1 aromatic rings. The minimum atomic E-state index is -0.287. The quantitative estimate of drug-likeness (QED) is 0.752. The van der Waals surface area contributed by atoms with E-state index in [1.54, 1.807) is 6.07 Å². The lowest BCUT2D eigenvalue weighted by atomic mass is 10.1. The Hall–Kier alpha value is -1.31. The van der Waals surface area contributed by atoms with Crippen LogP contribution in [0.3, 0.4) is 0 Å². The molecule has 0 unspecified atom stereocenters. The van der Waals surface area contributed by atoms with Crippen LogP contribution in [-0.2, 0) is 6.42 Å². The molecule has 1 rings (SSSR count). The highest BCUT2D eigenvalue weighted by molar-refractivity contribution is 5.23. The van der Waals surface area contributed by atoms with Crippen LogP contribution in [0, 0.1) is 0 Å². The van der Waals surface area contributed by atoms with Crippen LogP contribution < -0.4 is 5.43 Å². The van der Waals surface area contributed by atoms with Gasteiger partial charge >= 0.3 is 0 Å². The summed E-state index contributed by atoms with van der Waals surface area (Å²) in [6.45, 7) is 2.18. The summed E-state index contributed by atoms with van der Waals surface area (Å²) >= 11 is 0. The molecule has 0 saturated heterocycles. The van der Waals surface area contributed by atoms with Crippen LogP contribution in [0.2, 0.25) is 0 Å². The SMILES string of the molecule is CCCCCCc1cccc(O)c(=O)c1. The van der Waals surface area contributed by atoms with E-state index in [1.807, 2.05) is 6.07 Å². The lowest BCUT2D eigenvalue weighted by molar-refractivity contribution is 0.471. The molecule has 0 aliphatic rings. The van der Waals surface area contributed by atoms with Gasteiger partial charge in [-0.3, -0.25) is 4.79 Å². The number of unbranched alkanes of at least 4 members (excludes halogenated alkanes) is 3.